The number of nitrogens with one attached hydrogen (secondary N) is 2. The highest BCUT2D eigenvalue weighted by atomic mass is 35.5. The summed E-state index contributed by atoms with van der Waals surface area (Å²) in [5.74, 6) is 1.69. The van der Waals surface area contributed by atoms with Crippen LogP contribution in [0.15, 0.2) is 48.8 Å². The smallest absolute Gasteiger partial charge is 0.248 e. The first-order chi connectivity index (χ1) is 13.1. The van der Waals surface area contributed by atoms with Gasteiger partial charge in [0.1, 0.15) is 17.8 Å². The topological polar surface area (TPSA) is 73.2 Å². The molecule has 0 saturated carbocycles. The molecule has 0 atom stereocenters. The summed E-state index contributed by atoms with van der Waals surface area (Å²) >= 11 is 11.3. The van der Waals surface area contributed by atoms with Gasteiger partial charge in [0.15, 0.2) is 5.11 Å². The lowest BCUT2D eigenvalue weighted by molar-refractivity contribution is 0.395. The average Bonchev–Trinajstić information content (AvgIpc) is 3.08. The molecule has 27 heavy (non-hydrogen) atoms. The van der Waals surface area contributed by atoms with E-state index in [-0.39, 0.29) is 0 Å². The number of rotatable bonds is 6. The van der Waals surface area contributed by atoms with E-state index in [9.17, 15) is 0 Å². The van der Waals surface area contributed by atoms with Gasteiger partial charge in [0.25, 0.3) is 0 Å². The maximum absolute atomic E-state index is 6.00. The fourth-order valence-electron chi connectivity index (χ4n) is 2.41. The zero-order valence-electron chi connectivity index (χ0n) is 14.8. The molecule has 1 heterocycles. The van der Waals surface area contributed by atoms with Gasteiger partial charge in [0, 0.05) is 11.1 Å². The first kappa shape index (κ1) is 18.9. The zero-order chi connectivity index (χ0) is 19.2. The summed E-state index contributed by atoms with van der Waals surface area (Å²) in [4.78, 5) is 4.22. The van der Waals surface area contributed by atoms with Crippen LogP contribution < -0.4 is 20.1 Å². The van der Waals surface area contributed by atoms with Crippen molar-refractivity contribution < 1.29 is 9.47 Å². The third-order valence-electron chi connectivity index (χ3n) is 3.65. The number of nitrogens with zero attached hydrogens (tertiary/aromatic N) is 3. The quantitative estimate of drug-likeness (QED) is 0.606. The van der Waals surface area contributed by atoms with E-state index in [2.05, 4.69) is 20.7 Å². The van der Waals surface area contributed by atoms with Gasteiger partial charge in [-0.15, -0.1) is 5.10 Å². The van der Waals surface area contributed by atoms with Crippen LogP contribution in [0.1, 0.15) is 5.56 Å². The van der Waals surface area contributed by atoms with Crippen molar-refractivity contribution in [1.29, 1.82) is 0 Å². The second kappa shape index (κ2) is 8.70. The highest BCUT2D eigenvalue weighted by Gasteiger charge is 2.09. The Morgan fingerprint density at radius 3 is 2.74 bits per heavy atom. The number of thiocarbonyl (C=S) groups is 1. The minimum Gasteiger partial charge on any atom is -0.497 e. The van der Waals surface area contributed by atoms with Crippen LogP contribution in [0, 0.1) is 0 Å². The summed E-state index contributed by atoms with van der Waals surface area (Å²) in [5, 5.41) is 11.4. The van der Waals surface area contributed by atoms with E-state index in [0.717, 1.165) is 5.56 Å². The molecule has 0 aliphatic rings. The van der Waals surface area contributed by atoms with Crippen molar-refractivity contribution >= 4 is 40.6 Å². The number of aromatic nitrogens is 3. The van der Waals surface area contributed by atoms with Crippen molar-refractivity contribution in [2.24, 2.45) is 0 Å². The van der Waals surface area contributed by atoms with Gasteiger partial charge in [-0.1, -0.05) is 23.7 Å². The molecule has 2 aromatic carbocycles. The van der Waals surface area contributed by atoms with Gasteiger partial charge in [0.05, 0.1) is 26.5 Å². The van der Waals surface area contributed by atoms with Crippen molar-refractivity contribution in [3.8, 4) is 11.5 Å². The molecule has 140 valence electrons. The minimum atomic E-state index is 0.346. The van der Waals surface area contributed by atoms with Crippen LogP contribution in [-0.4, -0.2) is 34.1 Å². The Kier molecular flexibility index (Phi) is 6.10. The van der Waals surface area contributed by atoms with E-state index in [0.29, 0.717) is 39.8 Å². The van der Waals surface area contributed by atoms with Gasteiger partial charge >= 0.3 is 0 Å². The highest BCUT2D eigenvalue weighted by molar-refractivity contribution is 7.80. The van der Waals surface area contributed by atoms with Crippen LogP contribution in [-0.2, 0) is 6.54 Å². The number of methoxy groups -OCH3 is 2. The number of anilines is 2. The Bertz CT molecular complexity index is 947. The molecule has 0 saturated heterocycles. The molecule has 3 rings (SSSR count). The van der Waals surface area contributed by atoms with Gasteiger partial charge < -0.3 is 14.8 Å². The monoisotopic (exact) mass is 403 g/mol. The molecule has 3 aromatic rings. The zero-order valence-corrected chi connectivity index (χ0v) is 16.3. The lowest BCUT2D eigenvalue weighted by Gasteiger charge is -2.13. The van der Waals surface area contributed by atoms with E-state index in [4.69, 9.17) is 33.3 Å². The van der Waals surface area contributed by atoms with E-state index >= 15 is 0 Å². The molecule has 0 fully saturated rings. The van der Waals surface area contributed by atoms with Gasteiger partial charge in [-0.05, 0) is 42.0 Å². The van der Waals surface area contributed by atoms with Crippen LogP contribution in [0.2, 0.25) is 5.02 Å². The number of benzene rings is 2. The Hall–Kier alpha value is -2.84. The second-order valence-electron chi connectivity index (χ2n) is 5.54. The van der Waals surface area contributed by atoms with E-state index in [1.54, 1.807) is 31.3 Å². The number of ether oxygens (including phenoxy) is 2. The average molecular weight is 404 g/mol. The molecule has 2 N–H and O–H groups in total. The van der Waals surface area contributed by atoms with Crippen molar-refractivity contribution in [3.05, 3.63) is 59.4 Å². The van der Waals surface area contributed by atoms with Crippen LogP contribution in [0.3, 0.4) is 0 Å². The van der Waals surface area contributed by atoms with Crippen molar-refractivity contribution in [2.45, 2.75) is 6.54 Å². The third-order valence-corrected chi connectivity index (χ3v) is 4.09. The molecule has 0 unspecified atom stereocenters. The number of halogens is 1. The Morgan fingerprint density at radius 1 is 1.15 bits per heavy atom. The Morgan fingerprint density at radius 2 is 2.00 bits per heavy atom. The summed E-state index contributed by atoms with van der Waals surface area (Å²) in [6, 6.07) is 13.0. The van der Waals surface area contributed by atoms with Crippen LogP contribution >= 0.6 is 23.8 Å². The summed E-state index contributed by atoms with van der Waals surface area (Å²) in [5.41, 5.74) is 1.73. The predicted octanol–water partition coefficient (Wildman–Crippen LogP) is 3.81. The number of hydrogen-bond acceptors (Lipinski definition) is 5. The van der Waals surface area contributed by atoms with Gasteiger partial charge in [-0.25, -0.2) is 9.67 Å². The van der Waals surface area contributed by atoms with E-state index in [1.165, 1.54) is 0 Å². The molecule has 0 radical (unpaired) electrons. The molecule has 9 heteroatoms. The molecule has 7 nitrogen and oxygen atoms in total. The summed E-state index contributed by atoms with van der Waals surface area (Å²) in [7, 11) is 3.18. The fourth-order valence-corrected chi connectivity index (χ4v) is 2.82. The minimum absolute atomic E-state index is 0.346. The van der Waals surface area contributed by atoms with Gasteiger partial charge in [-0.3, -0.25) is 5.32 Å². The van der Waals surface area contributed by atoms with Crippen LogP contribution in [0.5, 0.6) is 11.5 Å². The van der Waals surface area contributed by atoms with Gasteiger partial charge in [-0.2, -0.15) is 0 Å². The van der Waals surface area contributed by atoms with E-state index < -0.39 is 0 Å². The molecule has 0 spiro atoms. The lowest BCUT2D eigenvalue weighted by atomic mass is 10.2. The molecule has 0 amide bonds. The molecular weight excluding hydrogens is 386 g/mol. The molecule has 0 aliphatic heterocycles. The van der Waals surface area contributed by atoms with E-state index in [1.807, 2.05) is 36.4 Å². The molecular formula is C18H18ClN5O2S. The second-order valence-corrected chi connectivity index (χ2v) is 6.39. The van der Waals surface area contributed by atoms with Crippen LogP contribution in [0.25, 0.3) is 0 Å². The van der Waals surface area contributed by atoms with Crippen LogP contribution in [0.4, 0.5) is 11.6 Å². The van der Waals surface area contributed by atoms with Crippen molar-refractivity contribution in [2.75, 3.05) is 24.9 Å². The molecule has 0 aliphatic carbocycles. The molecule has 1 aromatic heterocycles. The normalized spacial score (nSPS) is 10.3. The van der Waals surface area contributed by atoms with Crippen molar-refractivity contribution in [3.63, 3.8) is 0 Å². The first-order valence-corrected chi connectivity index (χ1v) is 8.80. The third kappa shape index (κ3) is 5.08. The summed E-state index contributed by atoms with van der Waals surface area (Å²) in [6.45, 7) is 0.557. The summed E-state index contributed by atoms with van der Waals surface area (Å²) < 4.78 is 12.2. The SMILES string of the molecule is COc1ccc(NC(=S)Nc2ncn(Cc3cccc(Cl)c3)n2)c(OC)c1. The predicted molar refractivity (Wildman–Crippen MR) is 110 cm³/mol. The van der Waals surface area contributed by atoms with Gasteiger partial charge in [0.2, 0.25) is 5.95 Å². The number of hydrogen-bond donors (Lipinski definition) is 2. The molecule has 0 bridgehead atoms. The Labute approximate surface area is 167 Å². The maximum atomic E-state index is 6.00. The maximum Gasteiger partial charge on any atom is 0.248 e. The summed E-state index contributed by atoms with van der Waals surface area (Å²) in [6.07, 6.45) is 1.62. The van der Waals surface area contributed by atoms with Crippen molar-refractivity contribution in [1.82, 2.24) is 14.8 Å². The largest absolute Gasteiger partial charge is 0.497 e. The standard InChI is InChI=1S/C18H18ClN5O2S/c1-25-14-6-7-15(16(9-14)26-2)21-18(27)22-17-20-11-24(23-17)10-12-4-3-5-13(19)8-12/h3-9,11H,10H2,1-2H3,(H2,21,22,23,27). The Balaban J connectivity index is 1.63. The lowest BCUT2D eigenvalue weighted by Crippen LogP contribution is -2.20. The first-order valence-electron chi connectivity index (χ1n) is 8.01. The highest BCUT2D eigenvalue weighted by Crippen LogP contribution is 2.29. The fraction of sp³-hybridized carbons (Fsp3) is 0.167.